The third-order valence-electron chi connectivity index (χ3n) is 3.28. The standard InChI is InChI=1S/C15H21N3O/c1-4-6-9-16-15(19)13-12(5-2)17-14-11(3)8-7-10-18(13)14/h7-8,10H,4-6,9H2,1-3H3,(H,16,19). The Bertz CT molecular complexity index is 586. The maximum Gasteiger partial charge on any atom is 0.270 e. The first-order valence-electron chi connectivity index (χ1n) is 6.93. The lowest BCUT2D eigenvalue weighted by molar-refractivity contribution is 0.0946. The molecule has 0 fully saturated rings. The van der Waals surface area contributed by atoms with Crippen LogP contribution in [-0.4, -0.2) is 21.8 Å². The van der Waals surface area contributed by atoms with E-state index in [1.54, 1.807) is 0 Å². The van der Waals surface area contributed by atoms with Gasteiger partial charge in [0.15, 0.2) is 0 Å². The number of imidazole rings is 1. The Hall–Kier alpha value is -1.84. The van der Waals surface area contributed by atoms with Gasteiger partial charge < -0.3 is 5.32 Å². The van der Waals surface area contributed by atoms with E-state index in [0.717, 1.165) is 42.7 Å². The molecule has 0 radical (unpaired) electrons. The Balaban J connectivity index is 2.40. The first-order valence-corrected chi connectivity index (χ1v) is 6.93. The van der Waals surface area contributed by atoms with Crippen molar-refractivity contribution in [1.29, 1.82) is 0 Å². The summed E-state index contributed by atoms with van der Waals surface area (Å²) in [6.45, 7) is 6.87. The van der Waals surface area contributed by atoms with Crippen LogP contribution in [0.4, 0.5) is 0 Å². The van der Waals surface area contributed by atoms with Crippen LogP contribution in [-0.2, 0) is 6.42 Å². The second-order valence-electron chi connectivity index (χ2n) is 4.75. The molecular formula is C15H21N3O. The van der Waals surface area contributed by atoms with E-state index in [0.29, 0.717) is 5.69 Å². The second-order valence-corrected chi connectivity index (χ2v) is 4.75. The lowest BCUT2D eigenvalue weighted by Gasteiger charge is -2.06. The molecule has 1 N–H and O–H groups in total. The van der Waals surface area contributed by atoms with Gasteiger partial charge in [0.05, 0.1) is 5.69 Å². The van der Waals surface area contributed by atoms with Crippen LogP contribution in [0.15, 0.2) is 18.3 Å². The SMILES string of the molecule is CCCCNC(=O)c1c(CC)nc2c(C)cccn12. The van der Waals surface area contributed by atoms with Crippen LogP contribution in [0.25, 0.3) is 5.65 Å². The number of amides is 1. The molecule has 102 valence electrons. The lowest BCUT2D eigenvalue weighted by atomic mass is 10.2. The minimum atomic E-state index is -0.0246. The number of aryl methyl sites for hydroxylation is 2. The summed E-state index contributed by atoms with van der Waals surface area (Å²) in [7, 11) is 0. The number of nitrogens with zero attached hydrogens (tertiary/aromatic N) is 2. The maximum atomic E-state index is 12.3. The van der Waals surface area contributed by atoms with Crippen LogP contribution in [0.1, 0.15) is 48.4 Å². The van der Waals surface area contributed by atoms with Gasteiger partial charge in [-0.25, -0.2) is 4.98 Å². The van der Waals surface area contributed by atoms with Gasteiger partial charge in [0.2, 0.25) is 0 Å². The van der Waals surface area contributed by atoms with Gasteiger partial charge >= 0.3 is 0 Å². The molecule has 2 heterocycles. The number of fused-ring (bicyclic) bond motifs is 1. The Kier molecular flexibility index (Phi) is 4.20. The summed E-state index contributed by atoms with van der Waals surface area (Å²) < 4.78 is 1.90. The molecule has 2 rings (SSSR count). The molecule has 0 unspecified atom stereocenters. The van der Waals surface area contributed by atoms with Gasteiger partial charge in [-0.2, -0.15) is 0 Å². The molecule has 0 saturated carbocycles. The van der Waals surface area contributed by atoms with Crippen molar-refractivity contribution >= 4 is 11.6 Å². The van der Waals surface area contributed by atoms with E-state index in [9.17, 15) is 4.79 Å². The van der Waals surface area contributed by atoms with Crippen molar-refractivity contribution in [2.45, 2.75) is 40.0 Å². The zero-order valence-corrected chi connectivity index (χ0v) is 11.9. The fourth-order valence-electron chi connectivity index (χ4n) is 2.20. The highest BCUT2D eigenvalue weighted by atomic mass is 16.1. The van der Waals surface area contributed by atoms with E-state index in [2.05, 4.69) is 17.2 Å². The van der Waals surface area contributed by atoms with E-state index in [-0.39, 0.29) is 5.91 Å². The van der Waals surface area contributed by atoms with Crippen molar-refractivity contribution < 1.29 is 4.79 Å². The molecular weight excluding hydrogens is 238 g/mol. The second kappa shape index (κ2) is 5.87. The molecule has 0 atom stereocenters. The highest BCUT2D eigenvalue weighted by Gasteiger charge is 2.18. The van der Waals surface area contributed by atoms with Crippen LogP contribution in [0, 0.1) is 6.92 Å². The number of unbranched alkanes of at least 4 members (excludes halogenated alkanes) is 1. The van der Waals surface area contributed by atoms with Crippen molar-refractivity contribution in [3.8, 4) is 0 Å². The summed E-state index contributed by atoms with van der Waals surface area (Å²) in [5.41, 5.74) is 3.51. The lowest BCUT2D eigenvalue weighted by Crippen LogP contribution is -2.26. The normalized spacial score (nSPS) is 10.9. The number of carbonyl (C=O) groups is 1. The molecule has 2 aromatic rings. The number of hydrogen-bond donors (Lipinski definition) is 1. The molecule has 1 amide bonds. The summed E-state index contributed by atoms with van der Waals surface area (Å²) >= 11 is 0. The quantitative estimate of drug-likeness (QED) is 0.839. The Morgan fingerprint density at radius 2 is 2.21 bits per heavy atom. The molecule has 0 saturated heterocycles. The molecule has 4 nitrogen and oxygen atoms in total. The molecule has 0 bridgehead atoms. The van der Waals surface area contributed by atoms with Gasteiger partial charge in [0, 0.05) is 12.7 Å². The number of nitrogens with one attached hydrogen (secondary N) is 1. The van der Waals surface area contributed by atoms with Crippen LogP contribution in [0.2, 0.25) is 0 Å². The van der Waals surface area contributed by atoms with Crippen LogP contribution in [0.3, 0.4) is 0 Å². The van der Waals surface area contributed by atoms with Crippen molar-refractivity contribution in [3.63, 3.8) is 0 Å². The summed E-state index contributed by atoms with van der Waals surface area (Å²) in [5.74, 6) is -0.0246. The Morgan fingerprint density at radius 3 is 2.89 bits per heavy atom. The molecule has 0 aliphatic carbocycles. The average molecular weight is 259 g/mol. The summed E-state index contributed by atoms with van der Waals surface area (Å²) in [6.07, 6.45) is 4.75. The number of aromatic nitrogens is 2. The zero-order valence-electron chi connectivity index (χ0n) is 11.9. The first kappa shape index (κ1) is 13.6. The average Bonchev–Trinajstić information content (AvgIpc) is 2.79. The van der Waals surface area contributed by atoms with Crippen LogP contribution < -0.4 is 5.32 Å². The van der Waals surface area contributed by atoms with Crippen molar-refractivity contribution in [2.24, 2.45) is 0 Å². The Labute approximate surface area is 113 Å². The molecule has 0 aliphatic rings. The topological polar surface area (TPSA) is 46.4 Å². The monoisotopic (exact) mass is 259 g/mol. The number of hydrogen-bond acceptors (Lipinski definition) is 2. The largest absolute Gasteiger partial charge is 0.351 e. The summed E-state index contributed by atoms with van der Waals surface area (Å²) in [6, 6.07) is 3.97. The van der Waals surface area contributed by atoms with Gasteiger partial charge in [-0.1, -0.05) is 26.3 Å². The van der Waals surface area contributed by atoms with Gasteiger partial charge in [-0.05, 0) is 31.4 Å². The minimum absolute atomic E-state index is 0.0246. The highest BCUT2D eigenvalue weighted by molar-refractivity contribution is 5.94. The fraction of sp³-hybridized carbons (Fsp3) is 0.467. The molecule has 2 aromatic heterocycles. The highest BCUT2D eigenvalue weighted by Crippen LogP contribution is 2.16. The van der Waals surface area contributed by atoms with E-state index >= 15 is 0 Å². The maximum absolute atomic E-state index is 12.3. The zero-order chi connectivity index (χ0) is 13.8. The van der Waals surface area contributed by atoms with E-state index in [1.807, 2.05) is 36.6 Å². The van der Waals surface area contributed by atoms with Gasteiger partial charge in [0.25, 0.3) is 5.91 Å². The van der Waals surface area contributed by atoms with Gasteiger partial charge in [-0.3, -0.25) is 9.20 Å². The number of rotatable bonds is 5. The van der Waals surface area contributed by atoms with Crippen molar-refractivity contribution in [1.82, 2.24) is 14.7 Å². The predicted molar refractivity (Wildman–Crippen MR) is 76.5 cm³/mol. The number of carbonyl (C=O) groups excluding carboxylic acids is 1. The van der Waals surface area contributed by atoms with Gasteiger partial charge in [0.1, 0.15) is 11.3 Å². The van der Waals surface area contributed by atoms with E-state index < -0.39 is 0 Å². The van der Waals surface area contributed by atoms with Gasteiger partial charge in [-0.15, -0.1) is 0 Å². The smallest absolute Gasteiger partial charge is 0.270 e. The summed E-state index contributed by atoms with van der Waals surface area (Å²) in [5, 5.41) is 2.97. The van der Waals surface area contributed by atoms with Crippen LogP contribution in [0.5, 0.6) is 0 Å². The molecule has 0 aliphatic heterocycles. The molecule has 0 aromatic carbocycles. The fourth-order valence-corrected chi connectivity index (χ4v) is 2.20. The Morgan fingerprint density at radius 1 is 1.42 bits per heavy atom. The predicted octanol–water partition coefficient (Wildman–Crippen LogP) is 2.74. The molecule has 0 spiro atoms. The number of pyridine rings is 1. The van der Waals surface area contributed by atoms with Crippen LogP contribution >= 0.6 is 0 Å². The molecule has 19 heavy (non-hydrogen) atoms. The minimum Gasteiger partial charge on any atom is -0.351 e. The first-order chi connectivity index (χ1) is 9.19. The van der Waals surface area contributed by atoms with Crippen molar-refractivity contribution in [2.75, 3.05) is 6.54 Å². The summed E-state index contributed by atoms with van der Waals surface area (Å²) in [4.78, 5) is 16.9. The van der Waals surface area contributed by atoms with Crippen molar-refractivity contribution in [3.05, 3.63) is 35.3 Å². The molecule has 4 heteroatoms. The third-order valence-corrected chi connectivity index (χ3v) is 3.28. The third kappa shape index (κ3) is 2.62. The van der Waals surface area contributed by atoms with E-state index in [1.165, 1.54) is 0 Å². The van der Waals surface area contributed by atoms with E-state index in [4.69, 9.17) is 0 Å².